The van der Waals surface area contributed by atoms with Crippen LogP contribution in [0, 0.1) is 5.92 Å². The zero-order valence-electron chi connectivity index (χ0n) is 13.2. The van der Waals surface area contributed by atoms with Crippen molar-refractivity contribution in [2.45, 2.75) is 24.8 Å². The summed E-state index contributed by atoms with van der Waals surface area (Å²) in [5.74, 6) is -0.153. The number of hydrogen-bond donors (Lipinski definition) is 1. The predicted octanol–water partition coefficient (Wildman–Crippen LogP) is 0.188. The van der Waals surface area contributed by atoms with Crippen LogP contribution in [-0.4, -0.2) is 62.9 Å². The van der Waals surface area contributed by atoms with E-state index in [1.165, 1.54) is 18.4 Å². The molecule has 2 atom stereocenters. The average Bonchev–Trinajstić information content (AvgIpc) is 3.05. The average molecular weight is 343 g/mol. The van der Waals surface area contributed by atoms with Crippen molar-refractivity contribution in [2.75, 3.05) is 33.1 Å². The number of ether oxygens (including phenoxy) is 1. The van der Waals surface area contributed by atoms with Crippen molar-refractivity contribution in [3.63, 3.8) is 0 Å². The minimum atomic E-state index is -3.35. The van der Waals surface area contributed by atoms with Crippen molar-refractivity contribution in [3.05, 3.63) is 17.5 Å². The fourth-order valence-corrected chi connectivity index (χ4v) is 3.72. The van der Waals surface area contributed by atoms with Crippen molar-refractivity contribution in [3.8, 4) is 0 Å². The first-order valence-corrected chi connectivity index (χ1v) is 9.23. The molecule has 0 bridgehead atoms. The molecule has 23 heavy (non-hydrogen) atoms. The van der Waals surface area contributed by atoms with Crippen molar-refractivity contribution in [2.24, 2.45) is 5.92 Å². The van der Waals surface area contributed by atoms with Crippen molar-refractivity contribution in [1.82, 2.24) is 14.8 Å². The highest BCUT2D eigenvalue weighted by atomic mass is 32.2. The van der Waals surface area contributed by atoms with Gasteiger partial charge in [0.05, 0.1) is 30.7 Å². The van der Waals surface area contributed by atoms with Gasteiger partial charge in [-0.3, -0.25) is 4.79 Å². The quantitative estimate of drug-likeness (QED) is 0.791. The molecule has 1 amide bonds. The lowest BCUT2D eigenvalue weighted by molar-refractivity contribution is 0.0888. The van der Waals surface area contributed by atoms with Crippen LogP contribution in [0.4, 0.5) is 0 Å². The summed E-state index contributed by atoms with van der Waals surface area (Å²) < 4.78 is 35.6. The molecule has 2 heterocycles. The summed E-state index contributed by atoms with van der Waals surface area (Å²) in [6.45, 7) is 0.602. The maximum absolute atomic E-state index is 12.2. The third kappa shape index (κ3) is 3.73. The van der Waals surface area contributed by atoms with Gasteiger partial charge in [0.15, 0.2) is 0 Å². The first-order chi connectivity index (χ1) is 10.9. The molecule has 0 radical (unpaired) electrons. The molecule has 9 heteroatoms. The van der Waals surface area contributed by atoms with E-state index in [4.69, 9.17) is 9.26 Å². The maximum atomic E-state index is 12.2. The number of amides is 1. The Morgan fingerprint density at radius 1 is 1.39 bits per heavy atom. The molecular formula is C14H21N3O5S. The standard InChI is InChI=1S/C14H21N3O5S/c1-17(2)23(19,20)8-10-6-21-7-12(10)15-14(18)13-5-11(16-22-13)9-3-4-9/h5,9-10,12H,3-4,6-8H2,1-2H3,(H,15,18)/t10-,12-/m0/s1. The van der Waals surface area contributed by atoms with E-state index < -0.39 is 10.0 Å². The number of nitrogens with zero attached hydrogens (tertiary/aromatic N) is 2. The first kappa shape index (κ1) is 16.4. The summed E-state index contributed by atoms with van der Waals surface area (Å²) >= 11 is 0. The minimum absolute atomic E-state index is 0.0608. The molecule has 2 aliphatic rings. The van der Waals surface area contributed by atoms with Gasteiger partial charge in [-0.05, 0) is 12.8 Å². The van der Waals surface area contributed by atoms with E-state index in [0.29, 0.717) is 19.1 Å². The van der Waals surface area contributed by atoms with Gasteiger partial charge in [-0.25, -0.2) is 12.7 Å². The molecule has 0 spiro atoms. The Hall–Kier alpha value is -1.45. The topological polar surface area (TPSA) is 102 Å². The molecule has 8 nitrogen and oxygen atoms in total. The van der Waals surface area contributed by atoms with Crippen LogP contribution >= 0.6 is 0 Å². The zero-order valence-corrected chi connectivity index (χ0v) is 14.0. The van der Waals surface area contributed by atoms with Gasteiger partial charge in [-0.2, -0.15) is 0 Å². The summed E-state index contributed by atoms with van der Waals surface area (Å²) in [5, 5.41) is 6.70. The van der Waals surface area contributed by atoms with Crippen LogP contribution in [0.5, 0.6) is 0 Å². The second-order valence-electron chi connectivity index (χ2n) is 6.33. The highest BCUT2D eigenvalue weighted by molar-refractivity contribution is 7.89. The van der Waals surface area contributed by atoms with E-state index in [2.05, 4.69) is 10.5 Å². The SMILES string of the molecule is CN(C)S(=O)(=O)C[C@@H]1COC[C@@H]1NC(=O)c1cc(C2CC2)no1. The molecule has 0 aromatic carbocycles. The van der Waals surface area contributed by atoms with Crippen LogP contribution in [0.2, 0.25) is 0 Å². The second-order valence-corrected chi connectivity index (χ2v) is 8.56. The number of carbonyl (C=O) groups excluding carboxylic acids is 1. The maximum Gasteiger partial charge on any atom is 0.290 e. The minimum Gasteiger partial charge on any atom is -0.379 e. The highest BCUT2D eigenvalue weighted by Crippen LogP contribution is 2.39. The van der Waals surface area contributed by atoms with Gasteiger partial charge in [-0.1, -0.05) is 5.16 Å². The third-order valence-electron chi connectivity index (χ3n) is 4.24. The highest BCUT2D eigenvalue weighted by Gasteiger charge is 2.35. The Kier molecular flexibility index (Phi) is 4.43. The Morgan fingerprint density at radius 2 is 2.13 bits per heavy atom. The third-order valence-corrected chi connectivity index (χ3v) is 6.21. The molecule has 2 fully saturated rings. The normalized spacial score (nSPS) is 25.0. The Bertz CT molecular complexity index is 680. The van der Waals surface area contributed by atoms with Crippen LogP contribution in [0.3, 0.4) is 0 Å². The van der Waals surface area contributed by atoms with Gasteiger partial charge < -0.3 is 14.6 Å². The number of carbonyl (C=O) groups is 1. The van der Waals surface area contributed by atoms with E-state index in [1.807, 2.05) is 0 Å². The summed E-state index contributed by atoms with van der Waals surface area (Å²) in [7, 11) is -0.362. The molecule has 1 saturated carbocycles. The Labute approximate surface area is 135 Å². The van der Waals surface area contributed by atoms with Crippen LogP contribution in [0.25, 0.3) is 0 Å². The Balaban J connectivity index is 1.62. The number of aromatic nitrogens is 1. The Morgan fingerprint density at radius 3 is 2.78 bits per heavy atom. The molecule has 1 aromatic rings. The van der Waals surface area contributed by atoms with E-state index in [9.17, 15) is 13.2 Å². The predicted molar refractivity (Wildman–Crippen MR) is 81.5 cm³/mol. The molecule has 0 unspecified atom stereocenters. The van der Waals surface area contributed by atoms with Crippen molar-refractivity contribution < 1.29 is 22.5 Å². The van der Waals surface area contributed by atoms with E-state index in [-0.39, 0.29) is 29.4 Å². The van der Waals surface area contributed by atoms with Gasteiger partial charge in [-0.15, -0.1) is 0 Å². The van der Waals surface area contributed by atoms with Gasteiger partial charge in [0.2, 0.25) is 15.8 Å². The first-order valence-electron chi connectivity index (χ1n) is 7.62. The largest absolute Gasteiger partial charge is 0.379 e. The summed E-state index contributed by atoms with van der Waals surface area (Å²) in [5.41, 5.74) is 0.810. The second kappa shape index (κ2) is 6.21. The lowest BCUT2D eigenvalue weighted by Gasteiger charge is -2.20. The van der Waals surface area contributed by atoms with Crippen LogP contribution in [-0.2, 0) is 14.8 Å². The monoisotopic (exact) mass is 343 g/mol. The summed E-state index contributed by atoms with van der Waals surface area (Å²) in [6.07, 6.45) is 2.16. The molecular weight excluding hydrogens is 322 g/mol. The van der Waals surface area contributed by atoms with E-state index in [0.717, 1.165) is 18.5 Å². The number of sulfonamides is 1. The van der Waals surface area contributed by atoms with Crippen LogP contribution in [0.1, 0.15) is 35.0 Å². The van der Waals surface area contributed by atoms with Crippen LogP contribution < -0.4 is 5.32 Å². The van der Waals surface area contributed by atoms with E-state index in [1.54, 1.807) is 6.07 Å². The molecule has 3 rings (SSSR count). The van der Waals surface area contributed by atoms with E-state index >= 15 is 0 Å². The molecule has 1 aliphatic heterocycles. The molecule has 128 valence electrons. The molecule has 1 saturated heterocycles. The number of nitrogens with one attached hydrogen (secondary N) is 1. The van der Waals surface area contributed by atoms with Crippen LogP contribution in [0.15, 0.2) is 10.6 Å². The summed E-state index contributed by atoms with van der Waals surface area (Å²) in [6, 6.07) is 1.31. The van der Waals surface area contributed by atoms with Gasteiger partial charge >= 0.3 is 0 Å². The lowest BCUT2D eigenvalue weighted by Crippen LogP contribution is -2.43. The smallest absolute Gasteiger partial charge is 0.290 e. The van der Waals surface area contributed by atoms with Gasteiger partial charge in [0, 0.05) is 32.0 Å². The fourth-order valence-electron chi connectivity index (χ4n) is 2.55. The lowest BCUT2D eigenvalue weighted by atomic mass is 10.1. The fraction of sp³-hybridized carbons (Fsp3) is 0.714. The zero-order chi connectivity index (χ0) is 16.6. The summed E-state index contributed by atoms with van der Waals surface area (Å²) in [4.78, 5) is 12.2. The molecule has 1 aliphatic carbocycles. The van der Waals surface area contributed by atoms with Gasteiger partial charge in [0.25, 0.3) is 5.91 Å². The van der Waals surface area contributed by atoms with Crippen molar-refractivity contribution in [1.29, 1.82) is 0 Å². The molecule has 1 N–H and O–H groups in total. The number of hydrogen-bond acceptors (Lipinski definition) is 6. The number of rotatable bonds is 6. The van der Waals surface area contributed by atoms with Gasteiger partial charge in [0.1, 0.15) is 0 Å². The molecule has 1 aromatic heterocycles. The van der Waals surface area contributed by atoms with Crippen molar-refractivity contribution >= 4 is 15.9 Å².